The lowest BCUT2D eigenvalue weighted by molar-refractivity contribution is 0.269. The summed E-state index contributed by atoms with van der Waals surface area (Å²) < 4.78 is 38.1. The molecule has 2 aromatic carbocycles. The van der Waals surface area contributed by atoms with Crippen molar-refractivity contribution in [3.8, 4) is 34.3 Å². The maximum absolute atomic E-state index is 12.9. The lowest BCUT2D eigenvalue weighted by atomic mass is 10.1. The van der Waals surface area contributed by atoms with E-state index in [1.807, 2.05) is 19.9 Å². The minimum atomic E-state index is -3.95. The standard InChI is InChI=1S/C24H34N6O2.C17H19ClN4O4S.C6H14N2/c1-5-8-19-21-22(29(4)27-19)24(31)26-23(25-21)18-15-17(9-10-20(18)32-6-2)16-30-12-7-11-28(3)13-14-30;1-4-6-12-14-15(22(3)21-12)17(23)20-16(19-14)11-9-10(27(18,24)25)7-8-13(11)26-5-2;1-8-5-2-3-7-4-6-8/h9-10,15H,5-8,11-14,16H2,1-4H3,(H,25,26,31);7-9H,4-6H2,1-3H3,(H,19,20,23);7H,2-6H2,1H3. The zero-order chi connectivity index (χ0) is 48.3. The van der Waals surface area contributed by atoms with Gasteiger partial charge in [0.05, 0.1) is 40.6 Å². The van der Waals surface area contributed by atoms with Crippen molar-refractivity contribution in [3.63, 3.8) is 0 Å². The Hall–Kier alpha value is -5.18. The van der Waals surface area contributed by atoms with Gasteiger partial charge in [0, 0.05) is 57.5 Å². The van der Waals surface area contributed by atoms with Gasteiger partial charge < -0.3 is 34.6 Å². The molecule has 0 unspecified atom stereocenters. The van der Waals surface area contributed by atoms with Gasteiger partial charge in [-0.2, -0.15) is 10.2 Å². The predicted octanol–water partition coefficient (Wildman–Crippen LogP) is 5.33. The molecule has 6 heterocycles. The van der Waals surface area contributed by atoms with Crippen molar-refractivity contribution >= 4 is 41.8 Å². The molecule has 2 fully saturated rings. The summed E-state index contributed by atoms with van der Waals surface area (Å²) in [4.78, 5) is 47.8. The number of aryl methyl sites for hydroxylation is 4. The van der Waals surface area contributed by atoms with E-state index >= 15 is 0 Å². The fourth-order valence-corrected chi connectivity index (χ4v) is 9.10. The largest absolute Gasteiger partial charge is 0.493 e. The third kappa shape index (κ3) is 13.1. The molecule has 2 aliphatic heterocycles. The second kappa shape index (κ2) is 23.7. The molecular formula is C47H67ClN12O6S. The lowest BCUT2D eigenvalue weighted by Crippen LogP contribution is -2.28. The number of nitrogens with one attached hydrogen (secondary N) is 3. The molecule has 0 saturated carbocycles. The van der Waals surface area contributed by atoms with Gasteiger partial charge in [-0.3, -0.25) is 23.9 Å². The summed E-state index contributed by atoms with van der Waals surface area (Å²) in [6, 6.07) is 10.4. The molecular weight excluding hydrogens is 896 g/mol. The smallest absolute Gasteiger partial charge is 0.277 e. The third-order valence-corrected chi connectivity index (χ3v) is 13.0. The summed E-state index contributed by atoms with van der Waals surface area (Å²) in [5.41, 5.74) is 5.42. The van der Waals surface area contributed by atoms with E-state index in [-0.39, 0.29) is 21.8 Å². The Kier molecular flexibility index (Phi) is 18.1. The fourth-order valence-electron chi connectivity index (χ4n) is 8.33. The van der Waals surface area contributed by atoms with E-state index in [0.717, 1.165) is 75.5 Å². The Morgan fingerprint density at radius 1 is 0.657 bits per heavy atom. The first-order chi connectivity index (χ1) is 32.1. The Labute approximate surface area is 397 Å². The Bertz CT molecular complexity index is 2830. The average Bonchev–Trinajstić information content (AvgIpc) is 3.53. The minimum absolute atomic E-state index is 0.106. The van der Waals surface area contributed by atoms with Crippen LogP contribution in [0.2, 0.25) is 0 Å². The zero-order valence-electron chi connectivity index (χ0n) is 40.2. The van der Waals surface area contributed by atoms with Crippen LogP contribution in [0.15, 0.2) is 50.9 Å². The maximum Gasteiger partial charge on any atom is 0.277 e. The quantitative estimate of drug-likeness (QED) is 0.126. The Balaban J connectivity index is 0.000000191. The number of aromatic amines is 2. The van der Waals surface area contributed by atoms with Crippen LogP contribution in [0.1, 0.15) is 70.3 Å². The molecule has 0 aliphatic carbocycles. The van der Waals surface area contributed by atoms with Crippen molar-refractivity contribution < 1.29 is 17.9 Å². The molecule has 0 atom stereocenters. The molecule has 2 aliphatic rings. The van der Waals surface area contributed by atoms with Crippen LogP contribution in [0.25, 0.3) is 44.8 Å². The molecule has 364 valence electrons. The third-order valence-electron chi connectivity index (χ3n) is 11.7. The van der Waals surface area contributed by atoms with Crippen molar-refractivity contribution in [3.05, 3.63) is 74.1 Å². The predicted molar refractivity (Wildman–Crippen MR) is 265 cm³/mol. The van der Waals surface area contributed by atoms with Crippen LogP contribution >= 0.6 is 10.7 Å². The molecule has 67 heavy (non-hydrogen) atoms. The topological polar surface area (TPSA) is 201 Å². The van der Waals surface area contributed by atoms with E-state index in [4.69, 9.17) is 25.1 Å². The molecule has 6 aromatic rings. The highest BCUT2D eigenvalue weighted by Crippen LogP contribution is 2.33. The van der Waals surface area contributed by atoms with Gasteiger partial charge in [0.15, 0.2) is 11.0 Å². The van der Waals surface area contributed by atoms with E-state index in [0.29, 0.717) is 64.5 Å². The number of hydrogen-bond acceptors (Lipinski definition) is 14. The number of halogens is 1. The number of rotatable bonds is 13. The lowest BCUT2D eigenvalue weighted by Gasteiger charge is -2.21. The van der Waals surface area contributed by atoms with E-state index < -0.39 is 9.05 Å². The Morgan fingerprint density at radius 2 is 1.19 bits per heavy atom. The van der Waals surface area contributed by atoms with E-state index in [2.05, 4.69) is 78.3 Å². The maximum atomic E-state index is 12.9. The summed E-state index contributed by atoms with van der Waals surface area (Å²) in [5.74, 6) is 1.86. The second-order valence-electron chi connectivity index (χ2n) is 17.0. The number of H-pyrrole nitrogens is 2. The zero-order valence-corrected chi connectivity index (χ0v) is 41.8. The van der Waals surface area contributed by atoms with Gasteiger partial charge in [-0.05, 0) is 116 Å². The van der Waals surface area contributed by atoms with Crippen molar-refractivity contribution in [1.82, 2.24) is 59.5 Å². The number of benzene rings is 2. The van der Waals surface area contributed by atoms with Gasteiger partial charge in [0.1, 0.15) is 34.2 Å². The van der Waals surface area contributed by atoms with E-state index in [1.165, 1.54) is 60.9 Å². The van der Waals surface area contributed by atoms with Gasteiger partial charge >= 0.3 is 0 Å². The number of likely N-dealkylation sites (N-methyl/N-ethyl adjacent to an activating group) is 2. The van der Waals surface area contributed by atoms with Gasteiger partial charge in [-0.25, -0.2) is 18.4 Å². The van der Waals surface area contributed by atoms with Crippen molar-refractivity contribution in [2.45, 2.75) is 77.7 Å². The first-order valence-corrected chi connectivity index (χ1v) is 25.7. The molecule has 0 spiro atoms. The van der Waals surface area contributed by atoms with Crippen LogP contribution in [0.5, 0.6) is 11.5 Å². The Morgan fingerprint density at radius 3 is 1.75 bits per heavy atom. The van der Waals surface area contributed by atoms with Gasteiger partial charge in [-0.1, -0.05) is 32.8 Å². The number of aromatic nitrogens is 8. The summed E-state index contributed by atoms with van der Waals surface area (Å²) >= 11 is 0. The molecule has 8 rings (SSSR count). The number of ether oxygens (including phenoxy) is 2. The molecule has 18 nitrogen and oxygen atoms in total. The molecule has 0 radical (unpaired) electrons. The van der Waals surface area contributed by atoms with Crippen molar-refractivity contribution in [2.75, 3.05) is 79.7 Å². The first-order valence-electron chi connectivity index (χ1n) is 23.3. The normalized spacial score (nSPS) is 15.4. The first kappa shape index (κ1) is 51.2. The van der Waals surface area contributed by atoms with Crippen LogP contribution < -0.4 is 25.9 Å². The van der Waals surface area contributed by atoms with E-state index in [9.17, 15) is 18.0 Å². The highest BCUT2D eigenvalue weighted by atomic mass is 35.7. The molecule has 4 aromatic heterocycles. The van der Waals surface area contributed by atoms with Crippen LogP contribution in [-0.2, 0) is 42.5 Å². The minimum Gasteiger partial charge on any atom is -0.493 e. The molecule has 3 N–H and O–H groups in total. The van der Waals surface area contributed by atoms with Crippen LogP contribution in [-0.4, -0.2) is 142 Å². The summed E-state index contributed by atoms with van der Waals surface area (Å²) in [5, 5.41) is 12.2. The molecule has 0 amide bonds. The number of hydrogen-bond donors (Lipinski definition) is 3. The monoisotopic (exact) mass is 962 g/mol. The SMILES string of the molecule is CCCc1nn(C)c2c(=O)[nH]c(-c3cc(CN4CCCN(C)CC4)ccc3OCC)nc12.CCCc1nn(C)c2c(=O)[nH]c(-c3cc(S(=O)(=O)Cl)ccc3OCC)nc12.CN1CCCNCC1. The fraction of sp³-hybridized carbons (Fsp3) is 0.532. The van der Waals surface area contributed by atoms with E-state index in [1.54, 1.807) is 25.7 Å². The number of fused-ring (bicyclic) bond motifs is 2. The van der Waals surface area contributed by atoms with Gasteiger partial charge in [0.2, 0.25) is 0 Å². The summed E-state index contributed by atoms with van der Waals surface area (Å²) in [6.45, 7) is 18.8. The van der Waals surface area contributed by atoms with Crippen molar-refractivity contribution in [2.24, 2.45) is 14.1 Å². The molecule has 20 heteroatoms. The van der Waals surface area contributed by atoms with Crippen LogP contribution in [0.3, 0.4) is 0 Å². The van der Waals surface area contributed by atoms with Gasteiger partial charge in [-0.15, -0.1) is 0 Å². The average molecular weight is 964 g/mol. The molecule has 0 bridgehead atoms. The summed E-state index contributed by atoms with van der Waals surface area (Å²) in [7, 11) is 9.35. The van der Waals surface area contributed by atoms with Crippen molar-refractivity contribution in [1.29, 1.82) is 0 Å². The highest BCUT2D eigenvalue weighted by Gasteiger charge is 2.22. The number of nitrogens with zero attached hydrogens (tertiary/aromatic N) is 9. The van der Waals surface area contributed by atoms with Crippen LogP contribution in [0.4, 0.5) is 0 Å². The second-order valence-corrected chi connectivity index (χ2v) is 19.6. The summed E-state index contributed by atoms with van der Waals surface area (Å²) in [6.07, 6.45) is 5.72. The van der Waals surface area contributed by atoms with Gasteiger partial charge in [0.25, 0.3) is 20.2 Å². The highest BCUT2D eigenvalue weighted by molar-refractivity contribution is 8.13. The molecule has 2 saturated heterocycles. The van der Waals surface area contributed by atoms with Crippen LogP contribution in [0, 0.1) is 0 Å².